The van der Waals surface area contributed by atoms with Gasteiger partial charge in [0.2, 0.25) is 0 Å². The van der Waals surface area contributed by atoms with Gasteiger partial charge in [-0.2, -0.15) is 0 Å². The molecule has 0 N–H and O–H groups in total. The minimum atomic E-state index is -3.30. The van der Waals surface area contributed by atoms with Crippen LogP contribution in [0.5, 0.6) is 0 Å². The fourth-order valence-corrected chi connectivity index (χ4v) is 2.58. The third-order valence-electron chi connectivity index (χ3n) is 1.72. The summed E-state index contributed by atoms with van der Waals surface area (Å²) in [5, 5.41) is 0. The first-order valence-corrected chi connectivity index (χ1v) is 6.90. The van der Waals surface area contributed by atoms with Crippen LogP contribution in [0.4, 0.5) is 0 Å². The zero-order valence-corrected chi connectivity index (χ0v) is 11.1. The minimum Gasteiger partial charge on any atom is -0.465 e. The number of benzene rings is 1. The van der Waals surface area contributed by atoms with Gasteiger partial charge in [-0.15, -0.1) is 0 Å². The Morgan fingerprint density at radius 1 is 1.33 bits per heavy atom. The smallest absolute Gasteiger partial charge is 0.337 e. The van der Waals surface area contributed by atoms with Gasteiger partial charge in [-0.25, -0.2) is 13.2 Å². The second kappa shape index (κ2) is 4.48. The van der Waals surface area contributed by atoms with Crippen LogP contribution in [0.25, 0.3) is 0 Å². The maximum atomic E-state index is 11.3. The highest BCUT2D eigenvalue weighted by atomic mass is 127. The molecule has 0 aliphatic rings. The lowest BCUT2D eigenvalue weighted by atomic mass is 10.2. The molecule has 4 nitrogen and oxygen atoms in total. The molecule has 1 aromatic carbocycles. The number of carbonyl (C=O) groups excluding carboxylic acids is 1. The summed E-state index contributed by atoms with van der Waals surface area (Å²) in [4.78, 5) is 11.3. The van der Waals surface area contributed by atoms with Crippen LogP contribution in [0, 0.1) is 3.57 Å². The van der Waals surface area contributed by atoms with Gasteiger partial charge >= 0.3 is 5.97 Å². The first-order valence-electron chi connectivity index (χ1n) is 3.93. The fourth-order valence-electron chi connectivity index (χ4n) is 1.01. The van der Waals surface area contributed by atoms with E-state index in [0.717, 1.165) is 6.26 Å². The van der Waals surface area contributed by atoms with Crippen molar-refractivity contribution in [2.75, 3.05) is 13.4 Å². The van der Waals surface area contributed by atoms with Crippen LogP contribution in [0.2, 0.25) is 0 Å². The van der Waals surface area contributed by atoms with Crippen LogP contribution < -0.4 is 0 Å². The number of rotatable bonds is 2. The van der Waals surface area contributed by atoms with Crippen LogP contribution in [-0.4, -0.2) is 27.8 Å². The van der Waals surface area contributed by atoms with Crippen molar-refractivity contribution >= 4 is 38.4 Å². The number of halogens is 1. The summed E-state index contributed by atoms with van der Waals surface area (Å²) >= 11 is 1.95. The molecule has 0 aromatic heterocycles. The number of hydrogen-bond acceptors (Lipinski definition) is 4. The van der Waals surface area contributed by atoms with Gasteiger partial charge < -0.3 is 4.74 Å². The lowest BCUT2D eigenvalue weighted by molar-refractivity contribution is 0.0600. The molecule has 0 saturated heterocycles. The average molecular weight is 340 g/mol. The molecule has 0 fully saturated rings. The molecule has 0 aliphatic carbocycles. The molecule has 0 bridgehead atoms. The Kier molecular flexibility index (Phi) is 3.72. The van der Waals surface area contributed by atoms with Crippen LogP contribution in [-0.2, 0) is 14.6 Å². The highest BCUT2D eigenvalue weighted by molar-refractivity contribution is 14.1. The summed E-state index contributed by atoms with van der Waals surface area (Å²) in [5.74, 6) is -0.543. The van der Waals surface area contributed by atoms with Gasteiger partial charge in [0.15, 0.2) is 9.84 Å². The van der Waals surface area contributed by atoms with Crippen LogP contribution in [0.15, 0.2) is 23.1 Å². The van der Waals surface area contributed by atoms with Gasteiger partial charge in [0.05, 0.1) is 17.6 Å². The number of esters is 1. The van der Waals surface area contributed by atoms with Crippen molar-refractivity contribution in [3.8, 4) is 0 Å². The molecule has 0 unspecified atom stereocenters. The van der Waals surface area contributed by atoms with Gasteiger partial charge in [-0.1, -0.05) is 0 Å². The number of methoxy groups -OCH3 is 1. The van der Waals surface area contributed by atoms with Crippen LogP contribution >= 0.6 is 22.6 Å². The van der Waals surface area contributed by atoms with Gasteiger partial charge in [0.1, 0.15) is 0 Å². The van der Waals surface area contributed by atoms with E-state index in [-0.39, 0.29) is 10.5 Å². The van der Waals surface area contributed by atoms with E-state index < -0.39 is 15.8 Å². The van der Waals surface area contributed by atoms with E-state index in [4.69, 9.17) is 0 Å². The third-order valence-corrected chi connectivity index (χ3v) is 3.44. The lowest BCUT2D eigenvalue weighted by Gasteiger charge is -2.03. The molecule has 0 atom stereocenters. The summed E-state index contributed by atoms with van der Waals surface area (Å²) < 4.78 is 27.8. The first kappa shape index (κ1) is 12.4. The predicted molar refractivity (Wildman–Crippen MR) is 63.6 cm³/mol. The molecule has 6 heteroatoms. The summed E-state index contributed by atoms with van der Waals surface area (Å²) in [6.45, 7) is 0. The molecule has 1 aromatic rings. The molecule has 15 heavy (non-hydrogen) atoms. The van der Waals surface area contributed by atoms with E-state index in [2.05, 4.69) is 4.74 Å². The van der Waals surface area contributed by atoms with E-state index in [1.165, 1.54) is 19.2 Å². The number of sulfone groups is 1. The van der Waals surface area contributed by atoms with Crippen LogP contribution in [0.1, 0.15) is 10.4 Å². The van der Waals surface area contributed by atoms with Gasteiger partial charge in [0.25, 0.3) is 0 Å². The highest BCUT2D eigenvalue weighted by Crippen LogP contribution is 2.17. The Balaban J connectivity index is 3.35. The number of hydrogen-bond donors (Lipinski definition) is 0. The fraction of sp³-hybridized carbons (Fsp3) is 0.222. The second-order valence-corrected chi connectivity index (χ2v) is 6.20. The third kappa shape index (κ3) is 3.16. The maximum Gasteiger partial charge on any atom is 0.337 e. The Morgan fingerprint density at radius 2 is 1.93 bits per heavy atom. The Morgan fingerprint density at radius 3 is 2.40 bits per heavy atom. The zero-order valence-electron chi connectivity index (χ0n) is 8.15. The first-order chi connectivity index (χ1) is 6.84. The standard InChI is InChI=1S/C9H9IO4S/c1-14-9(11)6-3-7(10)5-8(4-6)15(2,12)13/h3-5H,1-2H3. The summed E-state index contributed by atoms with van der Waals surface area (Å²) in [6, 6.07) is 4.38. The number of carbonyl (C=O) groups is 1. The molecule has 0 radical (unpaired) electrons. The van der Waals surface area contributed by atoms with Crippen molar-refractivity contribution in [3.63, 3.8) is 0 Å². The van der Waals surface area contributed by atoms with Crippen molar-refractivity contribution < 1.29 is 17.9 Å². The van der Waals surface area contributed by atoms with Crippen molar-refractivity contribution in [1.29, 1.82) is 0 Å². The Hall–Kier alpha value is -0.630. The summed E-state index contributed by atoms with van der Waals surface area (Å²) in [6.07, 6.45) is 1.10. The molecular weight excluding hydrogens is 331 g/mol. The molecule has 0 aliphatic heterocycles. The van der Waals surface area contributed by atoms with Crippen LogP contribution in [0.3, 0.4) is 0 Å². The molecule has 0 amide bonds. The summed E-state index contributed by atoms with van der Waals surface area (Å²) in [5.41, 5.74) is 0.241. The zero-order chi connectivity index (χ0) is 11.6. The van der Waals surface area contributed by atoms with Crippen molar-refractivity contribution in [3.05, 3.63) is 27.3 Å². The topological polar surface area (TPSA) is 60.4 Å². The monoisotopic (exact) mass is 340 g/mol. The Bertz CT molecular complexity index is 493. The van der Waals surface area contributed by atoms with Gasteiger partial charge in [-0.05, 0) is 40.8 Å². The largest absolute Gasteiger partial charge is 0.465 e. The molecule has 82 valence electrons. The van der Waals surface area contributed by atoms with E-state index in [1.54, 1.807) is 6.07 Å². The molecule has 0 heterocycles. The quantitative estimate of drug-likeness (QED) is 0.605. The van der Waals surface area contributed by atoms with E-state index in [0.29, 0.717) is 3.57 Å². The minimum absolute atomic E-state index is 0.120. The molecule has 0 saturated carbocycles. The van der Waals surface area contributed by atoms with E-state index in [9.17, 15) is 13.2 Å². The Labute approximate surface area is 102 Å². The molecular formula is C9H9IO4S. The van der Waals surface area contributed by atoms with Gasteiger partial charge in [-0.3, -0.25) is 0 Å². The van der Waals surface area contributed by atoms with E-state index in [1.807, 2.05) is 22.6 Å². The van der Waals surface area contributed by atoms with E-state index >= 15 is 0 Å². The summed E-state index contributed by atoms with van der Waals surface area (Å²) in [7, 11) is -2.05. The lowest BCUT2D eigenvalue weighted by Crippen LogP contribution is -2.05. The second-order valence-electron chi connectivity index (χ2n) is 2.94. The van der Waals surface area contributed by atoms with Crippen molar-refractivity contribution in [1.82, 2.24) is 0 Å². The molecule has 0 spiro atoms. The average Bonchev–Trinajstić information content (AvgIpc) is 2.14. The van der Waals surface area contributed by atoms with Crippen molar-refractivity contribution in [2.24, 2.45) is 0 Å². The van der Waals surface area contributed by atoms with Gasteiger partial charge in [0, 0.05) is 9.83 Å². The maximum absolute atomic E-state index is 11.3. The predicted octanol–water partition coefficient (Wildman–Crippen LogP) is 1.48. The van der Waals surface area contributed by atoms with Crippen molar-refractivity contribution in [2.45, 2.75) is 4.90 Å². The number of ether oxygens (including phenoxy) is 1. The normalized spacial score (nSPS) is 11.1. The highest BCUT2D eigenvalue weighted by Gasteiger charge is 2.13. The molecule has 1 rings (SSSR count). The SMILES string of the molecule is COC(=O)c1cc(I)cc(S(C)(=O)=O)c1.